The van der Waals surface area contributed by atoms with Gasteiger partial charge in [-0.15, -0.1) is 6.58 Å². The minimum atomic E-state index is -0.571. The molecule has 0 spiro atoms. The largest absolute Gasteiger partial charge is 0.389 e. The third kappa shape index (κ3) is 4.57. The lowest BCUT2D eigenvalue weighted by molar-refractivity contribution is 0.00226. The third-order valence-electron chi connectivity index (χ3n) is 6.65. The van der Waals surface area contributed by atoms with E-state index in [0.717, 1.165) is 56.2 Å². The van der Waals surface area contributed by atoms with E-state index in [0.29, 0.717) is 45.1 Å². The van der Waals surface area contributed by atoms with Crippen molar-refractivity contribution in [3.8, 4) is 0 Å². The number of hydrogen-bond donors (Lipinski definition) is 2. The highest BCUT2D eigenvalue weighted by atomic mass is 16.5. The first-order valence-corrected chi connectivity index (χ1v) is 11.1. The van der Waals surface area contributed by atoms with E-state index in [1.807, 2.05) is 15.7 Å². The van der Waals surface area contributed by atoms with Crippen LogP contribution in [0.1, 0.15) is 60.3 Å². The summed E-state index contributed by atoms with van der Waals surface area (Å²) in [4.78, 5) is 15.0. The second-order valence-electron chi connectivity index (χ2n) is 8.75. The summed E-state index contributed by atoms with van der Waals surface area (Å²) in [5.74, 6) is 0.0129. The lowest BCUT2D eigenvalue weighted by Crippen LogP contribution is -2.47. The van der Waals surface area contributed by atoms with Gasteiger partial charge in [0.2, 0.25) is 0 Å². The molecule has 3 aliphatic rings. The molecule has 0 bridgehead atoms. The fourth-order valence-electron chi connectivity index (χ4n) is 4.94. The smallest absolute Gasteiger partial charge is 0.274 e. The molecule has 1 amide bonds. The zero-order valence-corrected chi connectivity index (χ0v) is 17.4. The molecule has 7 nitrogen and oxygen atoms in total. The summed E-state index contributed by atoms with van der Waals surface area (Å²) in [5, 5.41) is 19.1. The van der Waals surface area contributed by atoms with Crippen LogP contribution in [0.25, 0.3) is 0 Å². The van der Waals surface area contributed by atoms with Gasteiger partial charge in [0.05, 0.1) is 25.4 Å². The quantitative estimate of drug-likeness (QED) is 0.708. The molecule has 29 heavy (non-hydrogen) atoms. The Hall–Kier alpha value is -1.70. The van der Waals surface area contributed by atoms with Crippen LogP contribution in [0.2, 0.25) is 0 Å². The van der Waals surface area contributed by atoms with E-state index in [4.69, 9.17) is 9.84 Å². The van der Waals surface area contributed by atoms with Crippen molar-refractivity contribution < 1.29 is 14.6 Å². The molecular weight excluding hydrogens is 368 g/mol. The summed E-state index contributed by atoms with van der Waals surface area (Å²) in [6, 6.07) is 0.270. The Kier molecular flexibility index (Phi) is 6.37. The number of ether oxygens (including phenoxy) is 1. The SMILES string of the molecule is C=CCn1nc(C(=O)N2CCOCC2)c2c1CCC(NCC1(O)CCCCC1)C2. The summed E-state index contributed by atoms with van der Waals surface area (Å²) in [5.41, 5.74) is 2.25. The second-order valence-corrected chi connectivity index (χ2v) is 8.75. The summed E-state index contributed by atoms with van der Waals surface area (Å²) in [6.45, 7) is 7.52. The van der Waals surface area contributed by atoms with E-state index in [-0.39, 0.29) is 11.9 Å². The van der Waals surface area contributed by atoms with Gasteiger partial charge >= 0.3 is 0 Å². The van der Waals surface area contributed by atoms with E-state index in [9.17, 15) is 9.90 Å². The molecule has 7 heteroatoms. The zero-order valence-electron chi connectivity index (χ0n) is 17.4. The maximum absolute atomic E-state index is 13.2. The first kappa shape index (κ1) is 20.6. The first-order valence-electron chi connectivity index (χ1n) is 11.1. The van der Waals surface area contributed by atoms with Crippen molar-refractivity contribution in [3.05, 3.63) is 29.6 Å². The highest BCUT2D eigenvalue weighted by Gasteiger charge is 2.34. The Bertz CT molecular complexity index is 733. The minimum Gasteiger partial charge on any atom is -0.389 e. The van der Waals surface area contributed by atoms with Gasteiger partial charge < -0.3 is 20.1 Å². The number of carbonyl (C=O) groups is 1. The van der Waals surface area contributed by atoms with E-state index in [2.05, 4.69) is 11.9 Å². The molecule has 2 N–H and O–H groups in total. The highest BCUT2D eigenvalue weighted by molar-refractivity contribution is 5.94. The van der Waals surface area contributed by atoms with Crippen LogP contribution in [0.4, 0.5) is 0 Å². The predicted molar refractivity (Wildman–Crippen MR) is 111 cm³/mol. The first-order chi connectivity index (χ1) is 14.1. The Morgan fingerprint density at radius 2 is 2.07 bits per heavy atom. The zero-order chi connectivity index (χ0) is 20.3. The fraction of sp³-hybridized carbons (Fsp3) is 0.727. The number of aromatic nitrogens is 2. The van der Waals surface area contributed by atoms with Gasteiger partial charge in [0.25, 0.3) is 5.91 Å². The van der Waals surface area contributed by atoms with Crippen molar-refractivity contribution in [2.24, 2.45) is 0 Å². The molecule has 1 atom stereocenters. The van der Waals surface area contributed by atoms with Gasteiger partial charge in [-0.25, -0.2) is 0 Å². The fourth-order valence-corrected chi connectivity index (χ4v) is 4.94. The van der Waals surface area contributed by atoms with E-state index in [1.54, 1.807) is 0 Å². The predicted octanol–water partition coefficient (Wildman–Crippen LogP) is 1.68. The molecule has 0 radical (unpaired) electrons. The van der Waals surface area contributed by atoms with Crippen LogP contribution in [0.15, 0.2) is 12.7 Å². The molecule has 1 unspecified atom stereocenters. The third-order valence-corrected chi connectivity index (χ3v) is 6.65. The van der Waals surface area contributed by atoms with Crippen LogP contribution < -0.4 is 5.32 Å². The van der Waals surface area contributed by atoms with Crippen LogP contribution in [0.5, 0.6) is 0 Å². The Morgan fingerprint density at radius 3 is 2.79 bits per heavy atom. The average Bonchev–Trinajstić information content (AvgIpc) is 3.11. The Morgan fingerprint density at radius 1 is 1.31 bits per heavy atom. The molecule has 1 saturated heterocycles. The molecular formula is C22H34N4O3. The van der Waals surface area contributed by atoms with Gasteiger partial charge in [0, 0.05) is 36.9 Å². The molecule has 2 fully saturated rings. The molecule has 0 aromatic carbocycles. The lowest BCUT2D eigenvalue weighted by Gasteiger charge is -2.35. The molecule has 1 aromatic rings. The highest BCUT2D eigenvalue weighted by Crippen LogP contribution is 2.29. The lowest BCUT2D eigenvalue weighted by atomic mass is 9.84. The van der Waals surface area contributed by atoms with E-state index < -0.39 is 5.60 Å². The van der Waals surface area contributed by atoms with Crippen LogP contribution in [-0.4, -0.2) is 70.2 Å². The molecule has 1 aliphatic heterocycles. The standard InChI is InChI=1S/C22H34N4O3/c1-2-10-26-19-7-6-17(23-16-22(28)8-4-3-5-9-22)15-18(19)20(24-26)21(27)25-11-13-29-14-12-25/h2,17,23,28H,1,3-16H2. The van der Waals surface area contributed by atoms with Gasteiger partial charge in [-0.3, -0.25) is 9.48 Å². The van der Waals surface area contributed by atoms with Crippen molar-refractivity contribution in [2.75, 3.05) is 32.8 Å². The molecule has 160 valence electrons. The monoisotopic (exact) mass is 402 g/mol. The van der Waals surface area contributed by atoms with Gasteiger partial charge in [-0.2, -0.15) is 5.10 Å². The van der Waals surface area contributed by atoms with Crippen molar-refractivity contribution in [2.45, 2.75) is 69.6 Å². The molecule has 1 saturated carbocycles. The number of morpholine rings is 1. The maximum atomic E-state index is 13.2. The Balaban J connectivity index is 1.49. The van der Waals surface area contributed by atoms with Gasteiger partial charge in [-0.05, 0) is 32.1 Å². The number of nitrogens with zero attached hydrogens (tertiary/aromatic N) is 3. The van der Waals surface area contributed by atoms with Crippen molar-refractivity contribution in [1.82, 2.24) is 20.0 Å². The molecule has 1 aromatic heterocycles. The molecule has 2 aliphatic carbocycles. The summed E-state index contributed by atoms with van der Waals surface area (Å²) >= 11 is 0. The van der Waals surface area contributed by atoms with Gasteiger partial charge in [0.15, 0.2) is 5.69 Å². The van der Waals surface area contributed by atoms with Crippen molar-refractivity contribution in [3.63, 3.8) is 0 Å². The molecule has 2 heterocycles. The van der Waals surface area contributed by atoms with E-state index >= 15 is 0 Å². The summed E-state index contributed by atoms with van der Waals surface area (Å²) < 4.78 is 7.34. The number of fused-ring (bicyclic) bond motifs is 1. The van der Waals surface area contributed by atoms with E-state index in [1.165, 1.54) is 6.42 Å². The number of hydrogen-bond acceptors (Lipinski definition) is 5. The van der Waals surface area contributed by atoms with Crippen molar-refractivity contribution >= 4 is 5.91 Å². The van der Waals surface area contributed by atoms with Gasteiger partial charge in [0.1, 0.15) is 0 Å². The topological polar surface area (TPSA) is 79.6 Å². The number of carbonyl (C=O) groups excluding carboxylic acids is 1. The second kappa shape index (κ2) is 8.98. The van der Waals surface area contributed by atoms with Crippen molar-refractivity contribution in [1.29, 1.82) is 0 Å². The normalized spacial score (nSPS) is 24.2. The summed E-state index contributed by atoms with van der Waals surface area (Å²) in [7, 11) is 0. The number of rotatable bonds is 6. The number of amides is 1. The molecule has 4 rings (SSSR count). The number of allylic oxidation sites excluding steroid dienone is 1. The van der Waals surface area contributed by atoms with Crippen LogP contribution in [0, 0.1) is 0 Å². The van der Waals surface area contributed by atoms with Gasteiger partial charge in [-0.1, -0.05) is 25.3 Å². The average molecular weight is 403 g/mol. The minimum absolute atomic E-state index is 0.0129. The summed E-state index contributed by atoms with van der Waals surface area (Å²) in [6.07, 6.45) is 9.72. The van der Waals surface area contributed by atoms with Crippen LogP contribution >= 0.6 is 0 Å². The van der Waals surface area contributed by atoms with Crippen LogP contribution in [0.3, 0.4) is 0 Å². The van der Waals surface area contributed by atoms with Crippen LogP contribution in [-0.2, 0) is 24.1 Å². The maximum Gasteiger partial charge on any atom is 0.274 e. The number of nitrogens with one attached hydrogen (secondary N) is 1. The Labute approximate surface area is 173 Å². The number of aliphatic hydroxyl groups is 1.